The monoisotopic (exact) mass is 508 g/mol. The van der Waals surface area contributed by atoms with Crippen LogP contribution in [0.4, 0.5) is 10.1 Å². The summed E-state index contributed by atoms with van der Waals surface area (Å²) in [4.78, 5) is 20.9. The average molecular weight is 509 g/mol. The lowest BCUT2D eigenvalue weighted by atomic mass is 9.80. The van der Waals surface area contributed by atoms with Crippen LogP contribution in [0.3, 0.4) is 0 Å². The fourth-order valence-corrected chi connectivity index (χ4v) is 6.10. The van der Waals surface area contributed by atoms with E-state index in [1.165, 1.54) is 12.1 Å². The molecule has 0 saturated carbocycles. The Morgan fingerprint density at radius 1 is 0.816 bits per heavy atom. The highest BCUT2D eigenvalue weighted by Crippen LogP contribution is 2.44. The Balaban J connectivity index is 1.31. The molecule has 6 heteroatoms. The van der Waals surface area contributed by atoms with Gasteiger partial charge in [0.05, 0.1) is 6.04 Å². The minimum absolute atomic E-state index is 0.0762. The second-order valence-corrected chi connectivity index (χ2v) is 10.4. The van der Waals surface area contributed by atoms with Crippen LogP contribution in [0.25, 0.3) is 0 Å². The van der Waals surface area contributed by atoms with Crippen LogP contribution in [-0.4, -0.2) is 53.0 Å². The number of anilines is 1. The predicted molar refractivity (Wildman–Crippen MR) is 149 cm³/mol. The number of hydrogen-bond donors (Lipinski definition) is 0. The summed E-state index contributed by atoms with van der Waals surface area (Å²) >= 11 is 0. The predicted octanol–water partition coefficient (Wildman–Crippen LogP) is 5.47. The van der Waals surface area contributed by atoms with Gasteiger partial charge in [0.2, 0.25) is 0 Å². The van der Waals surface area contributed by atoms with Gasteiger partial charge in [0.15, 0.2) is 0 Å². The molecule has 3 heterocycles. The van der Waals surface area contributed by atoms with E-state index in [4.69, 9.17) is 0 Å². The first-order valence-corrected chi connectivity index (χ1v) is 13.4. The van der Waals surface area contributed by atoms with Gasteiger partial charge in [-0.15, -0.1) is 0 Å². The first kappa shape index (κ1) is 24.4. The van der Waals surface area contributed by atoms with E-state index in [1.54, 1.807) is 0 Å². The number of hydrogen-bond acceptors (Lipinski definition) is 3. The Hall–Kier alpha value is -3.90. The van der Waals surface area contributed by atoms with Gasteiger partial charge in [0.25, 0.3) is 5.91 Å². The summed E-state index contributed by atoms with van der Waals surface area (Å²) in [6.07, 6.45) is 2.07. The third-order valence-corrected chi connectivity index (χ3v) is 8.07. The number of fused-ring (bicyclic) bond motifs is 1. The zero-order valence-electron chi connectivity index (χ0n) is 21.7. The summed E-state index contributed by atoms with van der Waals surface area (Å²) in [6.45, 7) is 5.05. The van der Waals surface area contributed by atoms with E-state index < -0.39 is 0 Å². The molecule has 6 rings (SSSR count). The highest BCUT2D eigenvalue weighted by Gasteiger charge is 2.42. The first-order chi connectivity index (χ1) is 18.6. The molecule has 2 atom stereocenters. The number of carbonyl (C=O) groups is 1. The van der Waals surface area contributed by atoms with E-state index in [2.05, 4.69) is 68.9 Å². The number of aryl methyl sites for hydroxylation is 1. The highest BCUT2D eigenvalue weighted by atomic mass is 19.1. The van der Waals surface area contributed by atoms with E-state index in [-0.39, 0.29) is 23.7 Å². The second kappa shape index (κ2) is 10.5. The molecule has 1 amide bonds. The fraction of sp³-hybridized carbons (Fsp3) is 0.281. The summed E-state index contributed by atoms with van der Waals surface area (Å²) in [5.41, 5.74) is 5.29. The molecule has 2 aliphatic heterocycles. The minimum atomic E-state index is -0.204. The molecule has 1 saturated heterocycles. The third-order valence-electron chi connectivity index (χ3n) is 8.07. The van der Waals surface area contributed by atoms with Crippen LogP contribution in [0.5, 0.6) is 0 Å². The molecular weight excluding hydrogens is 475 g/mol. The van der Waals surface area contributed by atoms with E-state index in [1.807, 2.05) is 42.5 Å². The normalized spacial score (nSPS) is 20.0. The van der Waals surface area contributed by atoms with Crippen LogP contribution in [0, 0.1) is 5.82 Å². The zero-order valence-corrected chi connectivity index (χ0v) is 21.7. The molecule has 1 fully saturated rings. The number of carbonyl (C=O) groups excluding carboxylic acids is 1. The van der Waals surface area contributed by atoms with Gasteiger partial charge in [0, 0.05) is 75.4 Å². The molecule has 0 aliphatic carbocycles. The van der Waals surface area contributed by atoms with Gasteiger partial charge in [-0.3, -0.25) is 9.69 Å². The number of amides is 1. The standard InChI is InChI=1S/C32H33FN4O/c1-34-17-7-12-30(34)31-29(23-35-18-20-36(21-19-35)26-15-13-25(33)14-16-26)27-10-5-6-11-28(27)32(38)37(31)22-24-8-3-2-4-9-24/h2-17,29,31H,18-23H2,1H3/t29-,31-/m1/s1. The average Bonchev–Trinajstić information content (AvgIpc) is 3.38. The number of halogens is 1. The van der Waals surface area contributed by atoms with Gasteiger partial charge in [-0.2, -0.15) is 0 Å². The van der Waals surface area contributed by atoms with Crippen molar-refractivity contribution in [1.29, 1.82) is 0 Å². The number of piperazine rings is 1. The topological polar surface area (TPSA) is 31.7 Å². The molecule has 4 aromatic rings. The SMILES string of the molecule is Cn1cccc1[C@H]1[C@H](CN2CCN(c3ccc(F)cc3)CC2)c2ccccc2C(=O)N1Cc1ccccc1. The van der Waals surface area contributed by atoms with Crippen molar-refractivity contribution in [2.75, 3.05) is 37.6 Å². The molecule has 0 spiro atoms. The van der Waals surface area contributed by atoms with Gasteiger partial charge in [0.1, 0.15) is 5.82 Å². The Morgan fingerprint density at radius 2 is 1.53 bits per heavy atom. The van der Waals surface area contributed by atoms with Crippen LogP contribution < -0.4 is 4.90 Å². The van der Waals surface area contributed by atoms with E-state index >= 15 is 0 Å². The minimum Gasteiger partial charge on any atom is -0.369 e. The van der Waals surface area contributed by atoms with Crippen LogP contribution in [0.1, 0.15) is 39.1 Å². The maximum absolute atomic E-state index is 14.0. The molecule has 0 bridgehead atoms. The Bertz CT molecular complexity index is 1390. The molecule has 0 N–H and O–H groups in total. The molecule has 38 heavy (non-hydrogen) atoms. The van der Waals surface area contributed by atoms with Crippen LogP contribution in [0.15, 0.2) is 97.2 Å². The molecule has 2 aliphatic rings. The molecular formula is C32H33FN4O. The summed E-state index contributed by atoms with van der Waals surface area (Å²) in [5.74, 6) is 0.0243. The van der Waals surface area contributed by atoms with Gasteiger partial charge >= 0.3 is 0 Å². The van der Waals surface area contributed by atoms with Gasteiger partial charge in [-0.25, -0.2) is 4.39 Å². The quantitative estimate of drug-likeness (QED) is 0.346. The summed E-state index contributed by atoms with van der Waals surface area (Å²) in [5, 5.41) is 0. The summed E-state index contributed by atoms with van der Waals surface area (Å²) in [6, 6.07) is 29.4. The van der Waals surface area contributed by atoms with Crippen molar-refractivity contribution in [2.45, 2.75) is 18.5 Å². The second-order valence-electron chi connectivity index (χ2n) is 10.4. The van der Waals surface area contributed by atoms with Crippen molar-refractivity contribution < 1.29 is 9.18 Å². The maximum Gasteiger partial charge on any atom is 0.255 e. The first-order valence-electron chi connectivity index (χ1n) is 13.4. The van der Waals surface area contributed by atoms with Crippen molar-refractivity contribution in [3.63, 3.8) is 0 Å². The maximum atomic E-state index is 14.0. The van der Waals surface area contributed by atoms with E-state index in [0.29, 0.717) is 6.54 Å². The fourth-order valence-electron chi connectivity index (χ4n) is 6.10. The highest BCUT2D eigenvalue weighted by molar-refractivity contribution is 5.97. The molecule has 3 aromatic carbocycles. The number of rotatable bonds is 6. The van der Waals surface area contributed by atoms with Gasteiger partial charge in [-0.1, -0.05) is 48.5 Å². The summed E-state index contributed by atoms with van der Waals surface area (Å²) in [7, 11) is 2.07. The molecule has 194 valence electrons. The Morgan fingerprint density at radius 3 is 2.24 bits per heavy atom. The zero-order chi connectivity index (χ0) is 26.1. The number of aromatic nitrogens is 1. The number of nitrogens with zero attached hydrogens (tertiary/aromatic N) is 4. The largest absolute Gasteiger partial charge is 0.369 e. The van der Waals surface area contributed by atoms with Crippen molar-refractivity contribution in [1.82, 2.24) is 14.4 Å². The van der Waals surface area contributed by atoms with Crippen LogP contribution in [-0.2, 0) is 13.6 Å². The van der Waals surface area contributed by atoms with Crippen molar-refractivity contribution in [3.8, 4) is 0 Å². The smallest absolute Gasteiger partial charge is 0.255 e. The van der Waals surface area contributed by atoms with Crippen molar-refractivity contribution in [3.05, 3.63) is 125 Å². The third kappa shape index (κ3) is 4.72. The van der Waals surface area contributed by atoms with Crippen LogP contribution >= 0.6 is 0 Å². The van der Waals surface area contributed by atoms with E-state index in [0.717, 1.165) is 60.8 Å². The van der Waals surface area contributed by atoms with Crippen molar-refractivity contribution in [2.24, 2.45) is 7.05 Å². The Kier molecular flexibility index (Phi) is 6.73. The molecule has 0 radical (unpaired) electrons. The van der Waals surface area contributed by atoms with Gasteiger partial charge in [-0.05, 0) is 53.6 Å². The molecule has 1 aromatic heterocycles. The summed E-state index contributed by atoms with van der Waals surface area (Å²) < 4.78 is 15.6. The van der Waals surface area contributed by atoms with E-state index in [9.17, 15) is 9.18 Å². The van der Waals surface area contributed by atoms with Crippen molar-refractivity contribution >= 4 is 11.6 Å². The molecule has 0 unspecified atom stereocenters. The number of benzene rings is 3. The Labute approximate surface area is 223 Å². The lowest BCUT2D eigenvalue weighted by molar-refractivity contribution is 0.0543. The lowest BCUT2D eigenvalue weighted by Crippen LogP contribution is -2.50. The lowest BCUT2D eigenvalue weighted by Gasteiger charge is -2.45. The molecule has 5 nitrogen and oxygen atoms in total. The van der Waals surface area contributed by atoms with Crippen LogP contribution in [0.2, 0.25) is 0 Å². The van der Waals surface area contributed by atoms with Gasteiger partial charge < -0.3 is 14.4 Å².